The lowest BCUT2D eigenvalue weighted by molar-refractivity contribution is -0.321. The number of ether oxygens (including phenoxy) is 1. The van der Waals surface area contributed by atoms with Gasteiger partial charge in [0.2, 0.25) is 17.7 Å². The molecular formula is C18H24F3N3O5. The number of likely N-dealkylation sites (tertiary alicyclic amines) is 1. The van der Waals surface area contributed by atoms with Gasteiger partial charge in [-0.1, -0.05) is 0 Å². The number of Topliss-reactive ketones (excluding diaryl/α,β-unsaturated/α-hetero) is 1. The summed E-state index contributed by atoms with van der Waals surface area (Å²) in [5.41, 5.74) is -0.0715. The lowest BCUT2D eigenvalue weighted by Crippen LogP contribution is -2.52. The summed E-state index contributed by atoms with van der Waals surface area (Å²) in [6.45, 7) is 0.958. The largest absolute Gasteiger partial charge is 0.522 e. The maximum absolute atomic E-state index is 12.8. The molecule has 0 bridgehead atoms. The van der Waals surface area contributed by atoms with E-state index in [9.17, 15) is 32.3 Å². The average Bonchev–Trinajstić information content (AvgIpc) is 3.07. The first-order valence-corrected chi connectivity index (χ1v) is 9.58. The Labute approximate surface area is 165 Å². The first-order chi connectivity index (χ1) is 13.5. The molecule has 0 radical (unpaired) electrons. The van der Waals surface area contributed by atoms with Crippen LogP contribution in [0.25, 0.3) is 0 Å². The van der Waals surface area contributed by atoms with E-state index >= 15 is 0 Å². The number of halogens is 3. The van der Waals surface area contributed by atoms with Gasteiger partial charge in [-0.25, -0.2) is 0 Å². The van der Waals surface area contributed by atoms with Gasteiger partial charge < -0.3 is 15.5 Å². The SMILES string of the molecule is CC(=O)N1CC2(CC2)C[C@H]1C(=O)N[C@@H](C[C@@H]1CCNC1=O)C(=O)COC(F)(F)F. The van der Waals surface area contributed by atoms with Gasteiger partial charge in [-0.05, 0) is 37.5 Å². The van der Waals surface area contributed by atoms with E-state index in [0.29, 0.717) is 25.9 Å². The second-order valence-corrected chi connectivity index (χ2v) is 8.14. The van der Waals surface area contributed by atoms with E-state index in [2.05, 4.69) is 15.4 Å². The topological polar surface area (TPSA) is 105 Å². The van der Waals surface area contributed by atoms with Crippen LogP contribution in [-0.4, -0.2) is 66.5 Å². The molecule has 0 unspecified atom stereocenters. The van der Waals surface area contributed by atoms with Crippen molar-refractivity contribution in [2.24, 2.45) is 11.3 Å². The summed E-state index contributed by atoms with van der Waals surface area (Å²) in [4.78, 5) is 50.3. The number of hydrogen-bond donors (Lipinski definition) is 2. The monoisotopic (exact) mass is 419 g/mol. The number of nitrogens with one attached hydrogen (secondary N) is 2. The minimum atomic E-state index is -4.98. The van der Waals surface area contributed by atoms with Crippen LogP contribution in [0.1, 0.15) is 39.0 Å². The van der Waals surface area contributed by atoms with E-state index in [4.69, 9.17) is 0 Å². The van der Waals surface area contributed by atoms with Crippen molar-refractivity contribution in [2.45, 2.75) is 57.5 Å². The molecule has 1 spiro atoms. The average molecular weight is 419 g/mol. The molecule has 0 aromatic heterocycles. The van der Waals surface area contributed by atoms with Crippen LogP contribution >= 0.6 is 0 Å². The summed E-state index contributed by atoms with van der Waals surface area (Å²) < 4.78 is 40.6. The van der Waals surface area contributed by atoms with Gasteiger partial charge in [0.25, 0.3) is 0 Å². The molecule has 11 heteroatoms. The Bertz CT molecular complexity index is 707. The summed E-state index contributed by atoms with van der Waals surface area (Å²) in [6.07, 6.45) is -2.40. The van der Waals surface area contributed by atoms with Crippen LogP contribution in [0.5, 0.6) is 0 Å². The molecule has 2 aliphatic heterocycles. The third kappa shape index (κ3) is 5.26. The molecule has 1 saturated carbocycles. The van der Waals surface area contributed by atoms with Gasteiger partial charge in [-0.3, -0.25) is 23.9 Å². The zero-order chi connectivity index (χ0) is 21.4. The van der Waals surface area contributed by atoms with E-state index in [0.717, 1.165) is 12.8 Å². The Hall–Kier alpha value is -2.17. The van der Waals surface area contributed by atoms with Gasteiger partial charge in [0.15, 0.2) is 5.78 Å². The highest BCUT2D eigenvalue weighted by Crippen LogP contribution is 2.54. The Morgan fingerprint density at radius 1 is 1.34 bits per heavy atom. The van der Waals surface area contributed by atoms with Crippen LogP contribution in [0.3, 0.4) is 0 Å². The maximum atomic E-state index is 12.8. The Morgan fingerprint density at radius 3 is 2.55 bits per heavy atom. The molecule has 162 valence electrons. The van der Waals surface area contributed by atoms with Crippen LogP contribution in [-0.2, 0) is 23.9 Å². The maximum Gasteiger partial charge on any atom is 0.522 e. The molecule has 3 fully saturated rings. The molecule has 1 aliphatic carbocycles. The van der Waals surface area contributed by atoms with Crippen LogP contribution in [0.2, 0.25) is 0 Å². The quantitative estimate of drug-likeness (QED) is 0.626. The number of ketones is 1. The first kappa shape index (κ1) is 21.5. The van der Waals surface area contributed by atoms with Crippen LogP contribution in [0, 0.1) is 11.3 Å². The minimum Gasteiger partial charge on any atom is -0.356 e. The fraction of sp³-hybridized carbons (Fsp3) is 0.778. The first-order valence-electron chi connectivity index (χ1n) is 9.58. The second kappa shape index (κ2) is 7.92. The molecule has 8 nitrogen and oxygen atoms in total. The normalized spacial score (nSPS) is 26.3. The number of amides is 3. The molecule has 2 saturated heterocycles. The molecule has 0 aromatic rings. The van der Waals surface area contributed by atoms with Crippen LogP contribution in [0.4, 0.5) is 13.2 Å². The predicted molar refractivity (Wildman–Crippen MR) is 92.1 cm³/mol. The number of rotatable bonds is 7. The molecular weight excluding hydrogens is 395 g/mol. The lowest BCUT2D eigenvalue weighted by atomic mass is 9.95. The number of carbonyl (C=O) groups excluding carboxylic acids is 4. The van der Waals surface area contributed by atoms with Crippen molar-refractivity contribution in [3.8, 4) is 0 Å². The van der Waals surface area contributed by atoms with Crippen molar-refractivity contribution < 1.29 is 37.1 Å². The Balaban J connectivity index is 1.69. The van der Waals surface area contributed by atoms with Gasteiger partial charge >= 0.3 is 6.36 Å². The molecule has 2 heterocycles. The second-order valence-electron chi connectivity index (χ2n) is 8.14. The smallest absolute Gasteiger partial charge is 0.356 e. The summed E-state index contributed by atoms with van der Waals surface area (Å²) >= 11 is 0. The lowest BCUT2D eigenvalue weighted by Gasteiger charge is -2.26. The highest BCUT2D eigenvalue weighted by Gasteiger charge is 2.54. The molecule has 3 atom stereocenters. The third-order valence-electron chi connectivity index (χ3n) is 5.94. The van der Waals surface area contributed by atoms with E-state index in [1.165, 1.54) is 11.8 Å². The van der Waals surface area contributed by atoms with E-state index in [1.54, 1.807) is 0 Å². The minimum absolute atomic E-state index is 0.0715. The number of alkyl halides is 3. The summed E-state index contributed by atoms with van der Waals surface area (Å²) in [7, 11) is 0. The number of nitrogens with zero attached hydrogens (tertiary/aromatic N) is 1. The predicted octanol–water partition coefficient (Wildman–Crippen LogP) is 0.504. The van der Waals surface area contributed by atoms with Gasteiger partial charge in [0.05, 0.1) is 6.04 Å². The van der Waals surface area contributed by atoms with Gasteiger partial charge in [0, 0.05) is 25.9 Å². The Kier molecular flexibility index (Phi) is 5.88. The van der Waals surface area contributed by atoms with Crippen molar-refractivity contribution in [1.29, 1.82) is 0 Å². The van der Waals surface area contributed by atoms with Gasteiger partial charge in [-0.2, -0.15) is 0 Å². The highest BCUT2D eigenvalue weighted by atomic mass is 19.4. The summed E-state index contributed by atoms with van der Waals surface area (Å²) in [5, 5.41) is 5.08. The zero-order valence-corrected chi connectivity index (χ0v) is 16.0. The van der Waals surface area contributed by atoms with Crippen molar-refractivity contribution >= 4 is 23.5 Å². The van der Waals surface area contributed by atoms with Crippen molar-refractivity contribution in [2.75, 3.05) is 19.7 Å². The van der Waals surface area contributed by atoms with Gasteiger partial charge in [0.1, 0.15) is 12.6 Å². The fourth-order valence-corrected chi connectivity index (χ4v) is 4.11. The molecule has 3 aliphatic rings. The fourth-order valence-electron chi connectivity index (χ4n) is 4.11. The van der Waals surface area contributed by atoms with Gasteiger partial charge in [-0.15, -0.1) is 13.2 Å². The zero-order valence-electron chi connectivity index (χ0n) is 16.0. The molecule has 3 rings (SSSR count). The number of hydrogen-bond acceptors (Lipinski definition) is 5. The standard InChI is InChI=1S/C18H24F3N3O5/c1-10(25)24-9-17(3-4-17)7-13(24)16(28)23-12(6-11-2-5-22-15(11)27)14(26)8-29-18(19,20)21/h11-13H,2-9H2,1H3,(H,22,27)(H,23,28)/t11-,12-,13-/m0/s1. The van der Waals surface area contributed by atoms with Crippen molar-refractivity contribution in [1.82, 2.24) is 15.5 Å². The molecule has 29 heavy (non-hydrogen) atoms. The third-order valence-corrected chi connectivity index (χ3v) is 5.94. The highest BCUT2D eigenvalue weighted by molar-refractivity contribution is 5.94. The number of carbonyl (C=O) groups is 4. The van der Waals surface area contributed by atoms with E-state index < -0.39 is 42.7 Å². The van der Waals surface area contributed by atoms with E-state index in [-0.39, 0.29) is 23.7 Å². The Morgan fingerprint density at radius 2 is 2.03 bits per heavy atom. The van der Waals surface area contributed by atoms with Crippen molar-refractivity contribution in [3.05, 3.63) is 0 Å². The van der Waals surface area contributed by atoms with Crippen LogP contribution in [0.15, 0.2) is 0 Å². The molecule has 0 aromatic carbocycles. The molecule has 2 N–H and O–H groups in total. The summed E-state index contributed by atoms with van der Waals surface area (Å²) in [5.74, 6) is -2.72. The van der Waals surface area contributed by atoms with Crippen LogP contribution < -0.4 is 10.6 Å². The molecule has 3 amide bonds. The summed E-state index contributed by atoms with van der Waals surface area (Å²) in [6, 6.07) is -2.07. The van der Waals surface area contributed by atoms with Crippen molar-refractivity contribution in [3.63, 3.8) is 0 Å². The van der Waals surface area contributed by atoms with E-state index in [1.807, 2.05) is 0 Å².